The monoisotopic (exact) mass is 653 g/mol. The lowest BCUT2D eigenvalue weighted by Gasteiger charge is -2.13. The van der Waals surface area contributed by atoms with E-state index in [9.17, 15) is 0 Å². The van der Waals surface area contributed by atoms with Gasteiger partial charge in [-0.05, 0) is 86.5 Å². The Kier molecular flexibility index (Phi) is 6.91. The second-order valence-corrected chi connectivity index (χ2v) is 13.1. The van der Waals surface area contributed by atoms with E-state index in [4.69, 9.17) is 19.4 Å². The molecule has 0 spiro atoms. The lowest BCUT2D eigenvalue weighted by Crippen LogP contribution is -2.04. The molecule has 10 rings (SSSR count). The zero-order valence-electron chi connectivity index (χ0n) is 27.8. The van der Waals surface area contributed by atoms with E-state index in [1.54, 1.807) is 0 Å². The minimum absolute atomic E-state index is 0.639. The van der Waals surface area contributed by atoms with Crippen LogP contribution in [0.25, 0.3) is 94.1 Å². The molecule has 7 aromatic carbocycles. The minimum atomic E-state index is 0.639. The minimum Gasteiger partial charge on any atom is -0.456 e. The highest BCUT2D eigenvalue weighted by Gasteiger charge is 2.20. The van der Waals surface area contributed by atoms with Gasteiger partial charge in [-0.2, -0.15) is 0 Å². The van der Waals surface area contributed by atoms with Gasteiger partial charge in [0.25, 0.3) is 0 Å². The molecule has 240 valence electrons. The molecule has 1 aliphatic carbocycles. The van der Waals surface area contributed by atoms with Crippen molar-refractivity contribution in [1.82, 2.24) is 15.0 Å². The van der Waals surface area contributed by atoms with Gasteiger partial charge in [-0.1, -0.05) is 140 Å². The highest BCUT2D eigenvalue weighted by Crippen LogP contribution is 2.41. The first-order chi connectivity index (χ1) is 25.2. The van der Waals surface area contributed by atoms with Crippen LogP contribution < -0.4 is 0 Å². The summed E-state index contributed by atoms with van der Waals surface area (Å²) in [5.41, 5.74) is 9.39. The number of aromatic nitrogens is 3. The average Bonchev–Trinajstić information content (AvgIpc) is 3.59. The molecule has 0 bridgehead atoms. The molecule has 2 aromatic heterocycles. The molecule has 2 heterocycles. The fourth-order valence-electron chi connectivity index (χ4n) is 7.37. The Bertz CT molecular complexity index is 2850. The summed E-state index contributed by atoms with van der Waals surface area (Å²) < 4.78 is 6.60. The Balaban J connectivity index is 1.10. The normalized spacial score (nSPS) is 13.0. The maximum atomic E-state index is 6.60. The van der Waals surface area contributed by atoms with Gasteiger partial charge >= 0.3 is 0 Å². The van der Waals surface area contributed by atoms with Crippen LogP contribution in [0.3, 0.4) is 0 Å². The van der Waals surface area contributed by atoms with E-state index in [0.29, 0.717) is 17.5 Å². The molecule has 0 saturated heterocycles. The molecule has 1 aliphatic rings. The number of rotatable bonds is 5. The zero-order chi connectivity index (χ0) is 33.7. The van der Waals surface area contributed by atoms with Crippen LogP contribution >= 0.6 is 0 Å². The van der Waals surface area contributed by atoms with Crippen LogP contribution in [-0.2, 0) is 0 Å². The van der Waals surface area contributed by atoms with Gasteiger partial charge in [0.2, 0.25) is 0 Å². The van der Waals surface area contributed by atoms with Crippen molar-refractivity contribution in [2.24, 2.45) is 0 Å². The summed E-state index contributed by atoms with van der Waals surface area (Å²) in [6.45, 7) is 0. The Morgan fingerprint density at radius 3 is 1.92 bits per heavy atom. The van der Waals surface area contributed by atoms with Crippen molar-refractivity contribution >= 4 is 49.1 Å². The number of allylic oxidation sites excluding steroid dienone is 4. The van der Waals surface area contributed by atoms with Crippen LogP contribution in [-0.4, -0.2) is 15.0 Å². The van der Waals surface area contributed by atoms with Crippen LogP contribution in [0.5, 0.6) is 0 Å². The molecule has 0 radical (unpaired) electrons. The van der Waals surface area contributed by atoms with Gasteiger partial charge in [-0.25, -0.2) is 15.0 Å². The quantitative estimate of drug-likeness (QED) is 0.185. The predicted molar refractivity (Wildman–Crippen MR) is 210 cm³/mol. The van der Waals surface area contributed by atoms with Crippen molar-refractivity contribution < 1.29 is 4.42 Å². The van der Waals surface area contributed by atoms with E-state index in [-0.39, 0.29) is 0 Å². The standard InChI is InChI=1S/C47H31N3O/c1-3-12-33(13-4-1)45-48-46(34-14-5-2-6-15-34)50-47(49-45)40-29-43-44(39-18-10-9-17-38(39)40)41-28-37(25-26-42(41)51-43)32-21-19-31(20-22-32)36-24-23-30-11-7-8-16-35(30)27-36/h1-5,7-14,16-29H,6,15H2. The fourth-order valence-corrected chi connectivity index (χ4v) is 7.37. The van der Waals surface area contributed by atoms with Gasteiger partial charge in [0.1, 0.15) is 11.2 Å². The summed E-state index contributed by atoms with van der Waals surface area (Å²) in [7, 11) is 0. The van der Waals surface area contributed by atoms with Crippen molar-refractivity contribution in [2.75, 3.05) is 0 Å². The zero-order valence-corrected chi connectivity index (χ0v) is 27.8. The lowest BCUT2D eigenvalue weighted by molar-refractivity contribution is 0.669. The summed E-state index contributed by atoms with van der Waals surface area (Å²) in [6, 6.07) is 51.3. The number of furan rings is 1. The highest BCUT2D eigenvalue weighted by atomic mass is 16.3. The van der Waals surface area contributed by atoms with Crippen molar-refractivity contribution in [3.63, 3.8) is 0 Å². The first-order valence-electron chi connectivity index (χ1n) is 17.4. The second-order valence-electron chi connectivity index (χ2n) is 13.1. The average molecular weight is 654 g/mol. The number of benzene rings is 7. The van der Waals surface area contributed by atoms with E-state index in [2.05, 4.69) is 133 Å². The van der Waals surface area contributed by atoms with Crippen LogP contribution in [0.1, 0.15) is 18.7 Å². The van der Waals surface area contributed by atoms with Crippen molar-refractivity contribution in [1.29, 1.82) is 0 Å². The smallest absolute Gasteiger partial charge is 0.164 e. The number of hydrogen-bond donors (Lipinski definition) is 0. The van der Waals surface area contributed by atoms with Crippen LogP contribution in [0.2, 0.25) is 0 Å². The van der Waals surface area contributed by atoms with Gasteiger partial charge in [0.15, 0.2) is 17.5 Å². The van der Waals surface area contributed by atoms with E-state index in [1.807, 2.05) is 30.3 Å². The molecule has 9 aromatic rings. The van der Waals surface area contributed by atoms with E-state index in [1.165, 1.54) is 21.9 Å². The number of hydrogen-bond acceptors (Lipinski definition) is 4. The maximum Gasteiger partial charge on any atom is 0.164 e. The summed E-state index contributed by atoms with van der Waals surface area (Å²) in [6.07, 6.45) is 8.25. The van der Waals surface area contributed by atoms with Crippen molar-refractivity contribution in [2.45, 2.75) is 12.8 Å². The summed E-state index contributed by atoms with van der Waals surface area (Å²) in [5, 5.41) is 6.87. The van der Waals surface area contributed by atoms with Crippen molar-refractivity contribution in [3.8, 4) is 45.0 Å². The molecule has 4 heteroatoms. The highest BCUT2D eigenvalue weighted by molar-refractivity contribution is 6.22. The maximum absolute atomic E-state index is 6.60. The molecular weight excluding hydrogens is 623 g/mol. The molecule has 0 aliphatic heterocycles. The van der Waals surface area contributed by atoms with E-state index < -0.39 is 0 Å². The second kappa shape index (κ2) is 12.0. The van der Waals surface area contributed by atoms with Crippen LogP contribution in [0.4, 0.5) is 0 Å². The third kappa shape index (κ3) is 5.20. The molecule has 0 N–H and O–H groups in total. The van der Waals surface area contributed by atoms with Gasteiger partial charge in [-0.3, -0.25) is 0 Å². The molecule has 0 fully saturated rings. The first-order valence-corrected chi connectivity index (χ1v) is 17.4. The Morgan fingerprint density at radius 1 is 0.451 bits per heavy atom. The summed E-state index contributed by atoms with van der Waals surface area (Å²) in [4.78, 5) is 15.1. The van der Waals surface area contributed by atoms with Crippen molar-refractivity contribution in [3.05, 3.63) is 170 Å². The Morgan fingerprint density at radius 2 is 1.12 bits per heavy atom. The Hall–Kier alpha value is -6.65. The Labute approximate surface area is 295 Å². The number of nitrogens with zero attached hydrogens (tertiary/aromatic N) is 3. The van der Waals surface area contributed by atoms with E-state index in [0.717, 1.165) is 73.4 Å². The third-order valence-electron chi connectivity index (χ3n) is 9.99. The lowest BCUT2D eigenvalue weighted by atomic mass is 9.96. The molecule has 0 atom stereocenters. The van der Waals surface area contributed by atoms with Gasteiger partial charge in [0, 0.05) is 21.9 Å². The SMILES string of the molecule is C1=CCCC(c2nc(-c3ccccc3)nc(-c3cc4oc5ccc(-c6ccc(-c7ccc8ccccc8c7)cc6)cc5c4c4ccccc34)n2)=C1. The molecule has 0 unspecified atom stereocenters. The van der Waals surface area contributed by atoms with Crippen LogP contribution in [0.15, 0.2) is 168 Å². The third-order valence-corrected chi connectivity index (χ3v) is 9.99. The number of fused-ring (bicyclic) bond motifs is 6. The first kappa shape index (κ1) is 29.3. The summed E-state index contributed by atoms with van der Waals surface area (Å²) >= 11 is 0. The molecular formula is C47H31N3O. The summed E-state index contributed by atoms with van der Waals surface area (Å²) in [5.74, 6) is 2.02. The van der Waals surface area contributed by atoms with Gasteiger partial charge in [0.05, 0.1) is 0 Å². The molecule has 51 heavy (non-hydrogen) atoms. The molecule has 4 nitrogen and oxygen atoms in total. The topological polar surface area (TPSA) is 51.8 Å². The van der Waals surface area contributed by atoms with Gasteiger partial charge in [-0.15, -0.1) is 0 Å². The molecule has 0 saturated carbocycles. The van der Waals surface area contributed by atoms with Gasteiger partial charge < -0.3 is 4.42 Å². The van der Waals surface area contributed by atoms with E-state index >= 15 is 0 Å². The fraction of sp³-hybridized carbons (Fsp3) is 0.0426. The van der Waals surface area contributed by atoms with Crippen LogP contribution in [0, 0.1) is 0 Å². The molecule has 0 amide bonds. The predicted octanol–water partition coefficient (Wildman–Crippen LogP) is 12.5. The largest absolute Gasteiger partial charge is 0.456 e.